The average molecular weight is 288 g/mol. The molecule has 0 spiro atoms. The molecule has 0 aliphatic heterocycles. The first kappa shape index (κ1) is 9.92. The molecule has 0 amide bonds. The summed E-state index contributed by atoms with van der Waals surface area (Å²) in [6.07, 6.45) is -0.0762. The maximum Gasteiger partial charge on any atom is 0.307 e. The zero-order chi connectivity index (χ0) is 9.84. The topological polar surface area (TPSA) is 74.0 Å². The summed E-state index contributed by atoms with van der Waals surface area (Å²) in [5, 5.41) is 17.1. The fourth-order valence-electron chi connectivity index (χ4n) is 0.884. The predicted octanol–water partition coefficient (Wildman–Crippen LogP) is 1.18. The molecule has 1 rings (SSSR count). The summed E-state index contributed by atoms with van der Waals surface area (Å²) in [6, 6.07) is 5.00. The van der Waals surface area contributed by atoms with Crippen molar-refractivity contribution >= 4 is 28.6 Å². The lowest BCUT2D eigenvalue weighted by Gasteiger charge is -1.98. The van der Waals surface area contributed by atoms with Crippen LogP contribution in [0.1, 0.15) is 11.3 Å². The molecule has 1 aromatic heterocycles. The number of carboxylic acid groups (broad SMARTS) is 1. The number of hydrogen-bond donors (Lipinski definition) is 1. The van der Waals surface area contributed by atoms with E-state index in [1.165, 1.54) is 6.07 Å². The molecule has 0 fully saturated rings. The highest BCUT2D eigenvalue weighted by atomic mass is 127. The van der Waals surface area contributed by atoms with E-state index in [1.54, 1.807) is 6.07 Å². The number of carbonyl (C=O) groups is 1. The van der Waals surface area contributed by atoms with Gasteiger partial charge in [0.1, 0.15) is 15.5 Å². The fourth-order valence-corrected chi connectivity index (χ4v) is 1.54. The van der Waals surface area contributed by atoms with E-state index >= 15 is 0 Å². The molecular weight excluding hydrogens is 283 g/mol. The molecule has 4 nitrogen and oxygen atoms in total. The molecule has 1 aromatic rings. The molecule has 0 aromatic carbocycles. The SMILES string of the molecule is N#Cc1cc(CC(=O)O)cc(I)n1. The van der Waals surface area contributed by atoms with Gasteiger partial charge in [0.05, 0.1) is 6.42 Å². The van der Waals surface area contributed by atoms with Gasteiger partial charge in [0.25, 0.3) is 0 Å². The molecule has 1 N–H and O–H groups in total. The van der Waals surface area contributed by atoms with E-state index in [2.05, 4.69) is 4.98 Å². The van der Waals surface area contributed by atoms with Crippen LogP contribution in [-0.2, 0) is 11.2 Å². The van der Waals surface area contributed by atoms with Crippen molar-refractivity contribution in [3.05, 3.63) is 27.1 Å². The van der Waals surface area contributed by atoms with Gasteiger partial charge in [-0.2, -0.15) is 5.26 Å². The van der Waals surface area contributed by atoms with Gasteiger partial charge in [0, 0.05) is 0 Å². The molecule has 1 heterocycles. The second-order valence-electron chi connectivity index (χ2n) is 2.37. The van der Waals surface area contributed by atoms with Crippen LogP contribution in [0, 0.1) is 15.0 Å². The maximum absolute atomic E-state index is 10.4. The highest BCUT2D eigenvalue weighted by Gasteiger charge is 2.04. The van der Waals surface area contributed by atoms with Crippen molar-refractivity contribution in [2.45, 2.75) is 6.42 Å². The van der Waals surface area contributed by atoms with Gasteiger partial charge in [-0.05, 0) is 40.3 Å². The van der Waals surface area contributed by atoms with Gasteiger partial charge in [-0.3, -0.25) is 4.79 Å². The lowest BCUT2D eigenvalue weighted by molar-refractivity contribution is -0.136. The third-order valence-corrected chi connectivity index (χ3v) is 1.88. The van der Waals surface area contributed by atoms with Crippen LogP contribution in [-0.4, -0.2) is 16.1 Å². The van der Waals surface area contributed by atoms with E-state index in [9.17, 15) is 4.79 Å². The van der Waals surface area contributed by atoms with Crippen LogP contribution in [0.3, 0.4) is 0 Å². The molecule has 13 heavy (non-hydrogen) atoms. The lowest BCUT2D eigenvalue weighted by atomic mass is 10.2. The molecule has 0 saturated carbocycles. The minimum atomic E-state index is -0.911. The van der Waals surface area contributed by atoms with Crippen LogP contribution in [0.5, 0.6) is 0 Å². The normalized spacial score (nSPS) is 9.23. The first-order chi connectivity index (χ1) is 6.11. The minimum Gasteiger partial charge on any atom is -0.481 e. The Kier molecular flexibility index (Phi) is 3.19. The van der Waals surface area contributed by atoms with Crippen molar-refractivity contribution in [1.82, 2.24) is 4.98 Å². The van der Waals surface area contributed by atoms with Gasteiger partial charge in [0.2, 0.25) is 0 Å². The Morgan fingerprint density at radius 2 is 2.38 bits per heavy atom. The molecule has 0 aliphatic rings. The highest BCUT2D eigenvalue weighted by Crippen LogP contribution is 2.08. The zero-order valence-electron chi connectivity index (χ0n) is 6.49. The molecule has 0 atom stereocenters. The number of hydrogen-bond acceptors (Lipinski definition) is 3. The summed E-state index contributed by atoms with van der Waals surface area (Å²) in [4.78, 5) is 14.3. The minimum absolute atomic E-state index is 0.0762. The summed E-state index contributed by atoms with van der Waals surface area (Å²) < 4.78 is 0.632. The molecule has 0 radical (unpaired) electrons. The number of aliphatic carboxylic acids is 1. The van der Waals surface area contributed by atoms with Crippen LogP contribution in [0.4, 0.5) is 0 Å². The molecule has 66 valence electrons. The summed E-state index contributed by atoms with van der Waals surface area (Å²) in [5.41, 5.74) is 0.853. The maximum atomic E-state index is 10.4. The standard InChI is InChI=1S/C8H5IN2O2/c9-7-2-5(3-8(12)13)1-6(4-10)11-7/h1-2H,3H2,(H,12,13). The van der Waals surface area contributed by atoms with E-state index in [0.29, 0.717) is 9.26 Å². The number of nitriles is 1. The molecule has 0 unspecified atom stereocenters. The van der Waals surface area contributed by atoms with Crippen molar-refractivity contribution in [2.75, 3.05) is 0 Å². The Hall–Kier alpha value is -1.16. The molecule has 0 bridgehead atoms. The number of pyridine rings is 1. The molecule has 0 aliphatic carbocycles. The van der Waals surface area contributed by atoms with Crippen LogP contribution < -0.4 is 0 Å². The Bertz CT molecular complexity index is 384. The molecule has 0 saturated heterocycles. The van der Waals surface area contributed by atoms with Crippen LogP contribution in [0.15, 0.2) is 12.1 Å². The van der Waals surface area contributed by atoms with Gasteiger partial charge >= 0.3 is 5.97 Å². The van der Waals surface area contributed by atoms with Crippen molar-refractivity contribution in [3.63, 3.8) is 0 Å². The van der Waals surface area contributed by atoms with Crippen molar-refractivity contribution in [1.29, 1.82) is 5.26 Å². The van der Waals surface area contributed by atoms with Gasteiger partial charge in [-0.25, -0.2) is 4.98 Å². The summed E-state index contributed by atoms with van der Waals surface area (Å²) in [5.74, 6) is -0.911. The van der Waals surface area contributed by atoms with Gasteiger partial charge in [0.15, 0.2) is 0 Å². The van der Waals surface area contributed by atoms with E-state index in [0.717, 1.165) is 0 Å². The quantitative estimate of drug-likeness (QED) is 0.655. The van der Waals surface area contributed by atoms with E-state index in [1.807, 2.05) is 28.7 Å². The number of halogens is 1. The molecular formula is C8H5IN2O2. The average Bonchev–Trinajstić information content (AvgIpc) is 2.01. The smallest absolute Gasteiger partial charge is 0.307 e. The fraction of sp³-hybridized carbons (Fsp3) is 0.125. The number of rotatable bonds is 2. The Morgan fingerprint density at radius 1 is 1.69 bits per heavy atom. The summed E-state index contributed by atoms with van der Waals surface area (Å²) >= 11 is 1.95. The number of nitrogens with zero attached hydrogens (tertiary/aromatic N) is 2. The first-order valence-electron chi connectivity index (χ1n) is 3.40. The Labute approximate surface area is 88.4 Å². The first-order valence-corrected chi connectivity index (χ1v) is 4.48. The van der Waals surface area contributed by atoms with E-state index in [4.69, 9.17) is 10.4 Å². The second-order valence-corrected chi connectivity index (χ2v) is 3.47. The van der Waals surface area contributed by atoms with Crippen molar-refractivity contribution in [3.8, 4) is 6.07 Å². The second kappa shape index (κ2) is 4.18. The van der Waals surface area contributed by atoms with Crippen LogP contribution >= 0.6 is 22.6 Å². The third kappa shape index (κ3) is 2.99. The lowest BCUT2D eigenvalue weighted by Crippen LogP contribution is -2.01. The van der Waals surface area contributed by atoms with E-state index in [-0.39, 0.29) is 12.1 Å². The van der Waals surface area contributed by atoms with Crippen molar-refractivity contribution < 1.29 is 9.90 Å². The van der Waals surface area contributed by atoms with Crippen molar-refractivity contribution in [2.24, 2.45) is 0 Å². The number of carboxylic acids is 1. The van der Waals surface area contributed by atoms with Gasteiger partial charge < -0.3 is 5.11 Å². The summed E-state index contributed by atoms with van der Waals surface area (Å²) in [6.45, 7) is 0. The predicted molar refractivity (Wildman–Crippen MR) is 53.0 cm³/mol. The third-order valence-electron chi connectivity index (χ3n) is 1.32. The highest BCUT2D eigenvalue weighted by molar-refractivity contribution is 14.1. The summed E-state index contributed by atoms with van der Waals surface area (Å²) in [7, 11) is 0. The monoisotopic (exact) mass is 288 g/mol. The Morgan fingerprint density at radius 3 is 2.92 bits per heavy atom. The van der Waals surface area contributed by atoms with Crippen LogP contribution in [0.25, 0.3) is 0 Å². The van der Waals surface area contributed by atoms with Gasteiger partial charge in [-0.1, -0.05) is 0 Å². The van der Waals surface area contributed by atoms with Crippen LogP contribution in [0.2, 0.25) is 0 Å². The molecule has 5 heteroatoms. The van der Waals surface area contributed by atoms with Gasteiger partial charge in [-0.15, -0.1) is 0 Å². The van der Waals surface area contributed by atoms with E-state index < -0.39 is 5.97 Å². The zero-order valence-corrected chi connectivity index (χ0v) is 8.65. The largest absolute Gasteiger partial charge is 0.481 e. The Balaban J connectivity index is 3.03. The number of aromatic nitrogens is 1.